The molecule has 0 fully saturated rings. The highest BCUT2D eigenvalue weighted by atomic mass is 35.5. The Labute approximate surface area is 116 Å². The first-order valence-electron chi connectivity index (χ1n) is 7.50. The number of hydrogen-bond donors (Lipinski definition) is 1. The molecule has 2 nitrogen and oxygen atoms in total. The maximum atomic E-state index is 11.9. The van der Waals surface area contributed by atoms with Crippen molar-refractivity contribution >= 4 is 23.1 Å². The van der Waals surface area contributed by atoms with Gasteiger partial charge in [-0.1, -0.05) is 17.7 Å². The number of carbonyl (C=O) groups excluding carboxylic acids is 1. The van der Waals surface area contributed by atoms with Gasteiger partial charge in [-0.05, 0) is 66.5 Å². The lowest BCUT2D eigenvalue weighted by Gasteiger charge is -2.22. The van der Waals surface area contributed by atoms with E-state index in [1.807, 2.05) is 19.1 Å². The third kappa shape index (κ3) is 1.67. The summed E-state index contributed by atoms with van der Waals surface area (Å²) in [6.45, 7) is 1.90. The highest BCUT2D eigenvalue weighted by Gasteiger charge is 2.33. The number of halogens is 1. The standard InChI is InChI=1S/C15H16ClNO/c1-8-5-9-6-13-10(12(9)7-14(8)16)3-2-4-11(13)15(17)18/h5,7,11H,2-4,6H2,1H3,(H2,17,18)/i4D2,11D. The van der Waals surface area contributed by atoms with Crippen LogP contribution in [0.1, 0.15) is 40.0 Å². The highest BCUT2D eigenvalue weighted by Crippen LogP contribution is 2.45. The molecule has 94 valence electrons. The van der Waals surface area contributed by atoms with Gasteiger partial charge < -0.3 is 5.73 Å². The van der Waals surface area contributed by atoms with E-state index in [0.717, 1.165) is 22.3 Å². The van der Waals surface area contributed by atoms with Crippen molar-refractivity contribution in [2.45, 2.75) is 32.6 Å². The van der Waals surface area contributed by atoms with E-state index in [1.54, 1.807) is 0 Å². The van der Waals surface area contributed by atoms with E-state index in [1.165, 1.54) is 0 Å². The second kappa shape index (κ2) is 4.13. The molecule has 1 amide bonds. The van der Waals surface area contributed by atoms with Crippen molar-refractivity contribution in [3.8, 4) is 0 Å². The third-order valence-corrected chi connectivity index (χ3v) is 4.07. The van der Waals surface area contributed by atoms with Crippen LogP contribution < -0.4 is 5.73 Å². The summed E-state index contributed by atoms with van der Waals surface area (Å²) in [6, 6.07) is 3.81. The van der Waals surface area contributed by atoms with Gasteiger partial charge >= 0.3 is 0 Å². The van der Waals surface area contributed by atoms with Crippen molar-refractivity contribution in [1.29, 1.82) is 0 Å². The van der Waals surface area contributed by atoms with Crippen molar-refractivity contribution in [2.24, 2.45) is 11.6 Å². The number of amides is 1. The molecule has 1 unspecified atom stereocenters. The number of nitrogens with two attached hydrogens (primary N) is 1. The van der Waals surface area contributed by atoms with E-state index in [9.17, 15) is 4.79 Å². The summed E-state index contributed by atoms with van der Waals surface area (Å²) in [5.74, 6) is -2.92. The summed E-state index contributed by atoms with van der Waals surface area (Å²) in [4.78, 5) is 11.9. The summed E-state index contributed by atoms with van der Waals surface area (Å²) in [5.41, 5.74) is 9.65. The molecule has 0 heterocycles. The molecular weight excluding hydrogens is 246 g/mol. The van der Waals surface area contributed by atoms with Crippen molar-refractivity contribution in [1.82, 2.24) is 0 Å². The molecule has 0 bridgehead atoms. The number of carbonyl (C=O) groups is 1. The van der Waals surface area contributed by atoms with Crippen LogP contribution in [0.25, 0.3) is 5.57 Å². The van der Waals surface area contributed by atoms with Gasteiger partial charge in [-0.3, -0.25) is 4.79 Å². The van der Waals surface area contributed by atoms with Crippen LogP contribution in [0.4, 0.5) is 0 Å². The molecule has 0 aromatic heterocycles. The monoisotopic (exact) mass is 264 g/mol. The molecule has 0 saturated carbocycles. The van der Waals surface area contributed by atoms with E-state index in [4.69, 9.17) is 21.4 Å². The Kier molecular flexibility index (Phi) is 2.01. The van der Waals surface area contributed by atoms with E-state index in [-0.39, 0.29) is 6.42 Å². The minimum Gasteiger partial charge on any atom is -0.369 e. The molecule has 1 atom stereocenters. The Morgan fingerprint density at radius 2 is 2.39 bits per heavy atom. The topological polar surface area (TPSA) is 43.1 Å². The van der Waals surface area contributed by atoms with Gasteiger partial charge in [-0.2, -0.15) is 0 Å². The fraction of sp³-hybridized carbons (Fsp3) is 0.400. The van der Waals surface area contributed by atoms with Crippen LogP contribution in [0, 0.1) is 12.8 Å². The average molecular weight is 265 g/mol. The van der Waals surface area contributed by atoms with Gasteiger partial charge in [0.2, 0.25) is 5.91 Å². The summed E-state index contributed by atoms with van der Waals surface area (Å²) in [7, 11) is 0. The van der Waals surface area contributed by atoms with Crippen LogP contribution in [0.15, 0.2) is 17.7 Å². The van der Waals surface area contributed by atoms with Crippen molar-refractivity contribution in [3.63, 3.8) is 0 Å². The number of aryl methyl sites for hydroxylation is 1. The zero-order chi connectivity index (χ0) is 15.6. The van der Waals surface area contributed by atoms with E-state index >= 15 is 0 Å². The van der Waals surface area contributed by atoms with Crippen molar-refractivity contribution < 1.29 is 8.91 Å². The normalized spacial score (nSPS) is 31.1. The molecule has 3 heteroatoms. The van der Waals surface area contributed by atoms with Gasteiger partial charge in [0.05, 0.1) is 5.89 Å². The number of benzene rings is 1. The summed E-state index contributed by atoms with van der Waals surface area (Å²) in [6.07, 6.45) is -0.932. The molecule has 1 aromatic rings. The first-order valence-corrected chi connectivity index (χ1v) is 6.38. The average Bonchev–Trinajstić information content (AvgIpc) is 2.73. The quantitative estimate of drug-likeness (QED) is 0.831. The molecule has 0 aliphatic heterocycles. The Morgan fingerprint density at radius 3 is 3.11 bits per heavy atom. The van der Waals surface area contributed by atoms with Gasteiger partial charge in [-0.15, -0.1) is 0 Å². The Bertz CT molecular complexity index is 698. The molecular formula is C15H16ClNO. The minimum absolute atomic E-state index is 0.114. The van der Waals surface area contributed by atoms with Gasteiger partial charge in [0.1, 0.15) is 0 Å². The Hall–Kier alpha value is -1.28. The molecule has 0 radical (unpaired) electrons. The van der Waals surface area contributed by atoms with Crippen molar-refractivity contribution in [3.05, 3.63) is 39.4 Å². The molecule has 18 heavy (non-hydrogen) atoms. The Morgan fingerprint density at radius 1 is 1.61 bits per heavy atom. The molecule has 2 aliphatic carbocycles. The molecule has 1 aromatic carbocycles. The SMILES string of the molecule is [2H]C1([2H])CCC2=C(Cc3cc(C)c(Cl)cc32)C1([2H])C(N)=O. The fourth-order valence-corrected chi connectivity index (χ4v) is 2.97. The minimum atomic E-state index is -2.00. The highest BCUT2D eigenvalue weighted by molar-refractivity contribution is 6.31. The van der Waals surface area contributed by atoms with Crippen LogP contribution >= 0.6 is 11.6 Å². The number of hydrogen-bond acceptors (Lipinski definition) is 1. The van der Waals surface area contributed by atoms with Crippen LogP contribution in [0.2, 0.25) is 5.02 Å². The number of rotatable bonds is 1. The predicted molar refractivity (Wildman–Crippen MR) is 73.3 cm³/mol. The largest absolute Gasteiger partial charge is 0.369 e. The lowest BCUT2D eigenvalue weighted by atomic mass is 9.82. The molecule has 2 N–H and O–H groups in total. The summed E-state index contributed by atoms with van der Waals surface area (Å²) < 4.78 is 24.6. The fourth-order valence-electron chi connectivity index (χ4n) is 2.81. The Balaban J connectivity index is 2.21. The van der Waals surface area contributed by atoms with Crippen molar-refractivity contribution in [2.75, 3.05) is 0 Å². The van der Waals surface area contributed by atoms with Crippen LogP contribution in [0.3, 0.4) is 0 Å². The maximum Gasteiger partial charge on any atom is 0.224 e. The zero-order valence-electron chi connectivity index (χ0n) is 13.1. The first-order chi connectivity index (χ1) is 9.68. The van der Waals surface area contributed by atoms with E-state index in [2.05, 4.69) is 0 Å². The second-order valence-corrected chi connectivity index (χ2v) is 5.22. The van der Waals surface area contributed by atoms with Gasteiger partial charge in [-0.25, -0.2) is 0 Å². The molecule has 3 rings (SSSR count). The van der Waals surface area contributed by atoms with Gasteiger partial charge in [0, 0.05) is 9.13 Å². The molecule has 0 saturated heterocycles. The lowest BCUT2D eigenvalue weighted by molar-refractivity contribution is -0.121. The van der Waals surface area contributed by atoms with Crippen LogP contribution in [-0.2, 0) is 11.2 Å². The maximum absolute atomic E-state index is 11.9. The van der Waals surface area contributed by atoms with Crippen LogP contribution in [-0.4, -0.2) is 5.91 Å². The van der Waals surface area contributed by atoms with Crippen LogP contribution in [0.5, 0.6) is 0 Å². The van der Waals surface area contributed by atoms with E-state index < -0.39 is 18.2 Å². The number of fused-ring (bicyclic) bond motifs is 2. The predicted octanol–water partition coefficient (Wildman–Crippen LogP) is 3.24. The molecule has 2 aliphatic rings. The zero-order valence-corrected chi connectivity index (χ0v) is 10.9. The molecule has 0 spiro atoms. The van der Waals surface area contributed by atoms with Gasteiger partial charge in [0.15, 0.2) is 0 Å². The second-order valence-electron chi connectivity index (χ2n) is 4.81. The summed E-state index contributed by atoms with van der Waals surface area (Å²) in [5, 5.41) is 0.644. The first kappa shape index (κ1) is 8.76. The smallest absolute Gasteiger partial charge is 0.224 e. The van der Waals surface area contributed by atoms with Gasteiger partial charge in [0.25, 0.3) is 0 Å². The third-order valence-electron chi connectivity index (χ3n) is 3.67. The van der Waals surface area contributed by atoms with E-state index in [0.29, 0.717) is 23.4 Å². The number of primary amides is 1. The number of allylic oxidation sites excluding steroid dienone is 1. The lowest BCUT2D eigenvalue weighted by Crippen LogP contribution is -2.27. The summed E-state index contributed by atoms with van der Waals surface area (Å²) >= 11 is 6.18.